The molecule has 1 unspecified atom stereocenters. The molecule has 1 atom stereocenters. The number of hydrogen-bond acceptors (Lipinski definition) is 4. The zero-order valence-electron chi connectivity index (χ0n) is 17.7. The van der Waals surface area contributed by atoms with Crippen molar-refractivity contribution in [3.8, 4) is 0 Å². The number of carbonyl (C=O) groups is 3. The summed E-state index contributed by atoms with van der Waals surface area (Å²) in [6.45, 7) is 5.61. The Morgan fingerprint density at radius 1 is 1.13 bits per heavy atom. The summed E-state index contributed by atoms with van der Waals surface area (Å²) in [6.07, 6.45) is 4.65. The second-order valence-electron chi connectivity index (χ2n) is 8.58. The van der Waals surface area contributed by atoms with Crippen LogP contribution < -0.4 is 10.6 Å². The minimum Gasteiger partial charge on any atom is -0.354 e. The van der Waals surface area contributed by atoms with Crippen LogP contribution in [-0.4, -0.2) is 59.4 Å². The molecule has 2 N–H and O–H groups in total. The molecule has 0 radical (unpaired) electrons. The Kier molecular flexibility index (Phi) is 7.07. The lowest BCUT2D eigenvalue weighted by atomic mass is 10.0. The van der Waals surface area contributed by atoms with Crippen LogP contribution in [0.5, 0.6) is 0 Å². The van der Waals surface area contributed by atoms with Crippen molar-refractivity contribution in [2.45, 2.75) is 57.5 Å². The average Bonchev–Trinajstić information content (AvgIpc) is 2.90. The average molecular weight is 419 g/mol. The molecule has 8 heteroatoms. The smallest absolute Gasteiger partial charge is 0.325 e. The van der Waals surface area contributed by atoms with Gasteiger partial charge in [-0.2, -0.15) is 0 Å². The Balaban J connectivity index is 1.59. The van der Waals surface area contributed by atoms with E-state index in [0.717, 1.165) is 36.4 Å². The molecule has 3 rings (SSSR count). The zero-order chi connectivity index (χ0) is 21.7. The molecule has 0 saturated carbocycles. The highest BCUT2D eigenvalue weighted by Gasteiger charge is 2.44. The molecule has 0 bridgehead atoms. The van der Waals surface area contributed by atoms with E-state index >= 15 is 0 Å². The van der Waals surface area contributed by atoms with Crippen molar-refractivity contribution in [3.05, 3.63) is 35.6 Å². The van der Waals surface area contributed by atoms with Crippen LogP contribution in [-0.2, 0) is 9.59 Å². The fraction of sp³-hybridized carbons (Fsp3) is 0.591. The summed E-state index contributed by atoms with van der Waals surface area (Å²) in [5.74, 6) is -0.829. The lowest BCUT2D eigenvalue weighted by Gasteiger charge is -2.31. The van der Waals surface area contributed by atoms with Crippen LogP contribution in [0.2, 0.25) is 0 Å². The van der Waals surface area contributed by atoms with Crippen LogP contribution in [0.25, 0.3) is 0 Å². The second-order valence-corrected chi connectivity index (χ2v) is 8.58. The Morgan fingerprint density at radius 2 is 1.77 bits per heavy atom. The number of imide groups is 1. The van der Waals surface area contributed by atoms with Crippen molar-refractivity contribution in [1.29, 1.82) is 0 Å². The Hall–Kier alpha value is -2.48. The van der Waals surface area contributed by atoms with Gasteiger partial charge in [0.1, 0.15) is 11.4 Å². The molecule has 2 aliphatic rings. The van der Waals surface area contributed by atoms with Crippen LogP contribution in [0.3, 0.4) is 0 Å². The quantitative estimate of drug-likeness (QED) is 0.667. The number of nitrogens with one attached hydrogen (secondary N) is 2. The van der Waals surface area contributed by atoms with Gasteiger partial charge in [-0.05, 0) is 57.5 Å². The molecule has 0 aromatic heterocycles. The van der Waals surface area contributed by atoms with Gasteiger partial charge in [0.05, 0.1) is 6.04 Å². The monoisotopic (exact) mass is 418 g/mol. The first kappa shape index (κ1) is 22.2. The molecule has 1 aromatic carbocycles. The Morgan fingerprint density at radius 3 is 2.33 bits per heavy atom. The molecule has 30 heavy (non-hydrogen) atoms. The van der Waals surface area contributed by atoms with Gasteiger partial charge in [-0.1, -0.05) is 25.0 Å². The van der Waals surface area contributed by atoms with Crippen molar-refractivity contribution in [1.82, 2.24) is 20.4 Å². The number of benzene rings is 1. The summed E-state index contributed by atoms with van der Waals surface area (Å²) in [7, 11) is 0. The van der Waals surface area contributed by atoms with Crippen molar-refractivity contribution in [2.75, 3.05) is 26.2 Å². The van der Waals surface area contributed by atoms with E-state index in [1.54, 1.807) is 26.0 Å². The molecule has 2 saturated heterocycles. The topological polar surface area (TPSA) is 81.8 Å². The molecule has 0 aliphatic carbocycles. The zero-order valence-corrected chi connectivity index (χ0v) is 17.7. The van der Waals surface area contributed by atoms with Crippen LogP contribution in [0.15, 0.2) is 24.3 Å². The minimum absolute atomic E-state index is 0.0386. The molecule has 7 nitrogen and oxygen atoms in total. The van der Waals surface area contributed by atoms with E-state index < -0.39 is 11.6 Å². The van der Waals surface area contributed by atoms with Gasteiger partial charge in [-0.25, -0.2) is 9.18 Å². The highest BCUT2D eigenvalue weighted by atomic mass is 19.1. The molecule has 2 fully saturated rings. The predicted molar refractivity (Wildman–Crippen MR) is 111 cm³/mol. The summed E-state index contributed by atoms with van der Waals surface area (Å²) in [6, 6.07) is 5.93. The van der Waals surface area contributed by atoms with Crippen molar-refractivity contribution < 1.29 is 18.8 Å². The van der Waals surface area contributed by atoms with Crippen molar-refractivity contribution in [2.24, 2.45) is 0 Å². The summed E-state index contributed by atoms with van der Waals surface area (Å²) in [5, 5.41) is 5.55. The van der Waals surface area contributed by atoms with Gasteiger partial charge in [-0.3, -0.25) is 19.4 Å². The third kappa shape index (κ3) is 5.36. The fourth-order valence-corrected chi connectivity index (χ4v) is 4.08. The van der Waals surface area contributed by atoms with E-state index in [0.29, 0.717) is 6.54 Å². The molecule has 2 aliphatic heterocycles. The third-order valence-electron chi connectivity index (χ3n) is 5.84. The number of rotatable bonds is 7. The summed E-state index contributed by atoms with van der Waals surface area (Å²) < 4.78 is 13.4. The maximum atomic E-state index is 13.4. The summed E-state index contributed by atoms with van der Waals surface area (Å²) in [5.41, 5.74) is 0.0306. The van der Waals surface area contributed by atoms with Gasteiger partial charge < -0.3 is 10.6 Å². The maximum Gasteiger partial charge on any atom is 0.325 e. The molecule has 0 spiro atoms. The van der Waals surface area contributed by atoms with Crippen molar-refractivity contribution in [3.63, 3.8) is 0 Å². The molecule has 1 aromatic rings. The maximum absolute atomic E-state index is 13.4. The van der Waals surface area contributed by atoms with E-state index in [4.69, 9.17) is 0 Å². The largest absolute Gasteiger partial charge is 0.354 e. The summed E-state index contributed by atoms with van der Waals surface area (Å²) in [4.78, 5) is 40.1. The third-order valence-corrected chi connectivity index (χ3v) is 5.84. The number of carbonyl (C=O) groups excluding carboxylic acids is 3. The molecule has 2 heterocycles. The highest BCUT2D eigenvalue weighted by molar-refractivity contribution is 6.06. The van der Waals surface area contributed by atoms with Gasteiger partial charge in [0.25, 0.3) is 5.91 Å². The van der Waals surface area contributed by atoms with Gasteiger partial charge in [-0.15, -0.1) is 0 Å². The normalized spacial score (nSPS) is 20.6. The van der Waals surface area contributed by atoms with Gasteiger partial charge >= 0.3 is 6.03 Å². The van der Waals surface area contributed by atoms with Crippen LogP contribution in [0, 0.1) is 5.82 Å². The second kappa shape index (κ2) is 9.55. The van der Waals surface area contributed by atoms with E-state index in [1.165, 1.54) is 25.0 Å². The minimum atomic E-state index is -0.936. The molecular weight excluding hydrogens is 387 g/mol. The molecule has 164 valence electrons. The number of hydrogen-bond donors (Lipinski definition) is 2. The van der Waals surface area contributed by atoms with E-state index in [9.17, 15) is 18.8 Å². The Labute approximate surface area is 177 Å². The number of nitrogens with zero attached hydrogens (tertiary/aromatic N) is 2. The first-order valence-electron chi connectivity index (χ1n) is 10.7. The van der Waals surface area contributed by atoms with E-state index in [1.807, 2.05) is 0 Å². The lowest BCUT2D eigenvalue weighted by Crippen LogP contribution is -2.41. The van der Waals surface area contributed by atoms with Crippen LogP contribution in [0.4, 0.5) is 9.18 Å². The van der Waals surface area contributed by atoms with E-state index in [2.05, 4.69) is 15.5 Å². The van der Waals surface area contributed by atoms with Crippen LogP contribution >= 0.6 is 0 Å². The lowest BCUT2D eigenvalue weighted by molar-refractivity contribution is -0.130. The molecular formula is C22H31FN4O3. The van der Waals surface area contributed by atoms with Gasteiger partial charge in [0.15, 0.2) is 0 Å². The predicted octanol–water partition coefficient (Wildman–Crippen LogP) is 2.58. The van der Waals surface area contributed by atoms with Crippen molar-refractivity contribution >= 4 is 17.8 Å². The van der Waals surface area contributed by atoms with E-state index in [-0.39, 0.29) is 36.6 Å². The van der Waals surface area contributed by atoms with Gasteiger partial charge in [0.2, 0.25) is 5.91 Å². The summed E-state index contributed by atoms with van der Waals surface area (Å²) >= 11 is 0. The molecule has 4 amide bonds. The highest BCUT2D eigenvalue weighted by Crippen LogP contribution is 2.24. The standard InChI is InChI=1S/C22H31FN4O3/c1-22(2)20(29)27(21(30)25-22)14-11-19(28)24-15-18(16-7-9-17(23)10-8-16)26-12-5-3-4-6-13-26/h7-10,18H,3-6,11-15H2,1-2H3,(H,24,28)(H,25,30). The fourth-order valence-electron chi connectivity index (χ4n) is 4.08. The Bertz CT molecular complexity index is 773. The first-order valence-corrected chi connectivity index (χ1v) is 10.7. The first-order chi connectivity index (χ1) is 14.3. The SMILES string of the molecule is CC1(C)NC(=O)N(CCC(=O)NCC(c2ccc(F)cc2)N2CCCCCC2)C1=O. The van der Waals surface area contributed by atoms with Crippen LogP contribution in [0.1, 0.15) is 57.6 Å². The number of urea groups is 1. The van der Waals surface area contributed by atoms with Gasteiger partial charge in [0, 0.05) is 19.5 Å². The number of likely N-dealkylation sites (tertiary alicyclic amines) is 1. The number of halogens is 1. The number of amides is 4.